The molecule has 3 rings (SSSR count). The quantitative estimate of drug-likeness (QED) is 0.752. The van der Waals surface area contributed by atoms with E-state index in [9.17, 15) is 4.79 Å². The highest BCUT2D eigenvalue weighted by molar-refractivity contribution is 6.30. The number of piperazine rings is 1. The van der Waals surface area contributed by atoms with Gasteiger partial charge in [0.15, 0.2) is 6.61 Å². The number of amides is 1. The summed E-state index contributed by atoms with van der Waals surface area (Å²) in [5.74, 6) is 0.646. The third-order valence-corrected chi connectivity index (χ3v) is 5.89. The van der Waals surface area contributed by atoms with Gasteiger partial charge in [0.05, 0.1) is 6.04 Å². The topological polar surface area (TPSA) is 44.8 Å². The Balaban J connectivity index is 1.60. The van der Waals surface area contributed by atoms with Gasteiger partial charge in [-0.3, -0.25) is 9.69 Å². The Morgan fingerprint density at radius 3 is 2.48 bits per heavy atom. The van der Waals surface area contributed by atoms with Gasteiger partial charge in [-0.05, 0) is 55.8 Å². The number of carbonyl (C=O) groups is 1. The minimum absolute atomic E-state index is 0.0143. The molecule has 0 aliphatic carbocycles. The molecule has 156 valence electrons. The number of halogens is 1. The average molecular weight is 416 g/mol. The number of nitrogens with zero attached hydrogens (tertiary/aromatic N) is 2. The second kappa shape index (κ2) is 10.1. The van der Waals surface area contributed by atoms with E-state index in [-0.39, 0.29) is 18.6 Å². The van der Waals surface area contributed by atoms with Crippen molar-refractivity contribution in [1.29, 1.82) is 0 Å². The van der Waals surface area contributed by atoms with E-state index in [0.29, 0.717) is 6.54 Å². The summed E-state index contributed by atoms with van der Waals surface area (Å²) in [6.45, 7) is 8.58. The molecule has 2 aromatic rings. The van der Waals surface area contributed by atoms with E-state index in [1.807, 2.05) is 56.3 Å². The molecule has 1 N–H and O–H groups in total. The smallest absolute Gasteiger partial charge is 0.258 e. The molecule has 1 aliphatic rings. The average Bonchev–Trinajstić information content (AvgIpc) is 2.71. The van der Waals surface area contributed by atoms with Gasteiger partial charge in [0.25, 0.3) is 5.91 Å². The lowest BCUT2D eigenvalue weighted by Crippen LogP contribution is -2.48. The predicted molar refractivity (Wildman–Crippen MR) is 118 cm³/mol. The van der Waals surface area contributed by atoms with Crippen LogP contribution in [0.2, 0.25) is 5.02 Å². The first-order valence-corrected chi connectivity index (χ1v) is 10.5. The van der Waals surface area contributed by atoms with Crippen LogP contribution >= 0.6 is 11.6 Å². The maximum absolute atomic E-state index is 12.5. The van der Waals surface area contributed by atoms with Gasteiger partial charge in [-0.25, -0.2) is 0 Å². The van der Waals surface area contributed by atoms with Crippen LogP contribution in [0.3, 0.4) is 0 Å². The van der Waals surface area contributed by atoms with E-state index in [0.717, 1.165) is 53.6 Å². The van der Waals surface area contributed by atoms with Crippen LogP contribution in [0.1, 0.15) is 22.7 Å². The summed E-state index contributed by atoms with van der Waals surface area (Å²) in [5.41, 5.74) is 3.38. The second-order valence-corrected chi connectivity index (χ2v) is 8.13. The maximum Gasteiger partial charge on any atom is 0.258 e. The molecule has 1 heterocycles. The summed E-state index contributed by atoms with van der Waals surface area (Å²) in [6.07, 6.45) is 0. The molecule has 2 aromatic carbocycles. The zero-order chi connectivity index (χ0) is 20.8. The van der Waals surface area contributed by atoms with Crippen LogP contribution in [-0.2, 0) is 4.79 Å². The van der Waals surface area contributed by atoms with Crippen molar-refractivity contribution in [2.45, 2.75) is 19.9 Å². The summed E-state index contributed by atoms with van der Waals surface area (Å²) >= 11 is 6.07. The summed E-state index contributed by atoms with van der Waals surface area (Å²) in [7, 11) is 2.14. The van der Waals surface area contributed by atoms with Crippen LogP contribution in [-0.4, -0.2) is 62.1 Å². The molecule has 29 heavy (non-hydrogen) atoms. The first-order valence-electron chi connectivity index (χ1n) is 10.1. The molecule has 1 saturated heterocycles. The molecule has 6 heteroatoms. The third kappa shape index (κ3) is 5.95. The number of ether oxygens (including phenoxy) is 1. The Hall–Kier alpha value is -2.08. The maximum atomic E-state index is 12.5. The van der Waals surface area contributed by atoms with Gasteiger partial charge in [0.2, 0.25) is 0 Å². The fourth-order valence-corrected chi connectivity index (χ4v) is 3.69. The second-order valence-electron chi connectivity index (χ2n) is 7.70. The van der Waals surface area contributed by atoms with Crippen LogP contribution in [0.25, 0.3) is 0 Å². The van der Waals surface area contributed by atoms with Crippen molar-refractivity contribution in [3.05, 3.63) is 64.2 Å². The lowest BCUT2D eigenvalue weighted by molar-refractivity contribution is -0.123. The standard InChI is InChI=1S/C23H30ClN3O2/c1-17-5-4-6-22(18(17)2)29-16-23(28)25-15-21(19-7-9-20(24)10-8-19)27-13-11-26(3)12-14-27/h4-10,21H,11-16H2,1-3H3,(H,25,28). The van der Waals surface area contributed by atoms with Crippen LogP contribution < -0.4 is 10.1 Å². The Labute approximate surface area is 178 Å². The fourth-order valence-electron chi connectivity index (χ4n) is 3.56. The molecule has 5 nitrogen and oxygen atoms in total. The normalized spacial score (nSPS) is 16.4. The summed E-state index contributed by atoms with van der Waals surface area (Å²) in [4.78, 5) is 17.2. The molecule has 1 atom stereocenters. The Kier molecular flexibility index (Phi) is 7.53. The van der Waals surface area contributed by atoms with Crippen molar-refractivity contribution >= 4 is 17.5 Å². The molecule has 0 saturated carbocycles. The molecule has 1 unspecified atom stereocenters. The molecule has 1 aliphatic heterocycles. The number of likely N-dealkylation sites (N-methyl/N-ethyl adjacent to an activating group) is 1. The van der Waals surface area contributed by atoms with Gasteiger partial charge in [-0.15, -0.1) is 0 Å². The largest absolute Gasteiger partial charge is 0.483 e. The van der Waals surface area contributed by atoms with Crippen LogP contribution in [0, 0.1) is 13.8 Å². The molecule has 0 radical (unpaired) electrons. The van der Waals surface area contributed by atoms with Gasteiger partial charge < -0.3 is 15.0 Å². The van der Waals surface area contributed by atoms with E-state index in [4.69, 9.17) is 16.3 Å². The highest BCUT2D eigenvalue weighted by Crippen LogP contribution is 2.23. The molecule has 0 aromatic heterocycles. The predicted octanol–water partition coefficient (Wildman–Crippen LogP) is 3.44. The molecule has 0 spiro atoms. The highest BCUT2D eigenvalue weighted by Gasteiger charge is 2.24. The van der Waals surface area contributed by atoms with Gasteiger partial charge in [0.1, 0.15) is 5.75 Å². The first-order chi connectivity index (χ1) is 13.9. The summed E-state index contributed by atoms with van der Waals surface area (Å²) < 4.78 is 5.74. The molecule has 0 bridgehead atoms. The van der Waals surface area contributed by atoms with Gasteiger partial charge >= 0.3 is 0 Å². The van der Waals surface area contributed by atoms with E-state index >= 15 is 0 Å². The van der Waals surface area contributed by atoms with E-state index in [1.165, 1.54) is 0 Å². The van der Waals surface area contributed by atoms with Crippen molar-refractivity contribution in [1.82, 2.24) is 15.1 Å². The van der Waals surface area contributed by atoms with Crippen molar-refractivity contribution in [2.24, 2.45) is 0 Å². The van der Waals surface area contributed by atoms with Crippen molar-refractivity contribution in [3.63, 3.8) is 0 Å². The van der Waals surface area contributed by atoms with E-state index < -0.39 is 0 Å². The van der Waals surface area contributed by atoms with Crippen LogP contribution in [0.4, 0.5) is 0 Å². The first kappa shape index (κ1) is 21.6. The molecule has 1 fully saturated rings. The highest BCUT2D eigenvalue weighted by atomic mass is 35.5. The van der Waals surface area contributed by atoms with Crippen molar-refractivity contribution < 1.29 is 9.53 Å². The third-order valence-electron chi connectivity index (χ3n) is 5.64. The molecular formula is C23H30ClN3O2. The minimum atomic E-state index is -0.112. The number of hydrogen-bond acceptors (Lipinski definition) is 4. The number of carbonyl (C=O) groups excluding carboxylic acids is 1. The van der Waals surface area contributed by atoms with Crippen LogP contribution in [0.15, 0.2) is 42.5 Å². The Morgan fingerprint density at radius 2 is 1.79 bits per heavy atom. The number of hydrogen-bond donors (Lipinski definition) is 1. The van der Waals surface area contributed by atoms with Gasteiger partial charge in [0, 0.05) is 37.7 Å². The number of aryl methyl sites for hydroxylation is 1. The SMILES string of the molecule is Cc1cccc(OCC(=O)NCC(c2ccc(Cl)cc2)N2CCN(C)CC2)c1C. The minimum Gasteiger partial charge on any atom is -0.483 e. The zero-order valence-electron chi connectivity index (χ0n) is 17.5. The number of rotatable bonds is 7. The molecular weight excluding hydrogens is 386 g/mol. The van der Waals surface area contributed by atoms with Crippen molar-refractivity contribution in [3.8, 4) is 5.75 Å². The number of benzene rings is 2. The lowest BCUT2D eigenvalue weighted by atomic mass is 10.0. The van der Waals surface area contributed by atoms with Crippen molar-refractivity contribution in [2.75, 3.05) is 46.4 Å². The van der Waals surface area contributed by atoms with E-state index in [2.05, 4.69) is 22.2 Å². The lowest BCUT2D eigenvalue weighted by Gasteiger charge is -2.38. The van der Waals surface area contributed by atoms with Gasteiger partial charge in [-0.2, -0.15) is 0 Å². The summed E-state index contributed by atoms with van der Waals surface area (Å²) in [5, 5.41) is 3.78. The fraction of sp³-hybridized carbons (Fsp3) is 0.435. The molecule has 1 amide bonds. The Morgan fingerprint density at radius 1 is 1.10 bits per heavy atom. The van der Waals surface area contributed by atoms with Crippen LogP contribution in [0.5, 0.6) is 5.75 Å². The van der Waals surface area contributed by atoms with E-state index in [1.54, 1.807) is 0 Å². The Bertz CT molecular complexity index is 817. The zero-order valence-corrected chi connectivity index (χ0v) is 18.2. The monoisotopic (exact) mass is 415 g/mol. The number of nitrogens with one attached hydrogen (secondary N) is 1. The summed E-state index contributed by atoms with van der Waals surface area (Å²) in [6, 6.07) is 13.9. The van der Waals surface area contributed by atoms with Gasteiger partial charge in [-0.1, -0.05) is 35.9 Å².